The Morgan fingerprint density at radius 1 is 0.871 bits per heavy atom. The quantitative estimate of drug-likeness (QED) is 0.664. The Bertz CT molecular complexity index is 1000. The predicted octanol–water partition coefficient (Wildman–Crippen LogP) is 0.887. The SMILES string of the molecule is COc1ccc(S(=O)(=O)N2CCN(c3ccc(N4CCN(C)CC4)nn3)CC2)cc1F. The molecule has 2 aromatic rings. The molecule has 3 heterocycles. The van der Waals surface area contributed by atoms with E-state index in [0.29, 0.717) is 13.1 Å². The number of hydrogen-bond donors (Lipinski definition) is 0. The van der Waals surface area contributed by atoms with Gasteiger partial charge in [0.15, 0.2) is 23.2 Å². The molecule has 1 aromatic heterocycles. The number of likely N-dealkylation sites (N-methyl/N-ethyl adjacent to an activating group) is 1. The van der Waals surface area contributed by atoms with Crippen LogP contribution in [0.15, 0.2) is 35.2 Å². The lowest BCUT2D eigenvalue weighted by molar-refractivity contribution is 0.312. The number of piperazine rings is 2. The van der Waals surface area contributed by atoms with E-state index in [0.717, 1.165) is 43.9 Å². The molecule has 0 spiro atoms. The summed E-state index contributed by atoms with van der Waals surface area (Å²) in [6.45, 7) is 5.40. The van der Waals surface area contributed by atoms with E-state index < -0.39 is 15.8 Å². The van der Waals surface area contributed by atoms with Crippen molar-refractivity contribution in [3.8, 4) is 5.75 Å². The Morgan fingerprint density at radius 3 is 1.90 bits per heavy atom. The van der Waals surface area contributed by atoms with Crippen LogP contribution in [0, 0.1) is 5.82 Å². The van der Waals surface area contributed by atoms with E-state index in [1.54, 1.807) is 0 Å². The van der Waals surface area contributed by atoms with Crippen molar-refractivity contribution in [2.75, 3.05) is 76.3 Å². The molecule has 0 amide bonds. The van der Waals surface area contributed by atoms with E-state index >= 15 is 0 Å². The molecule has 0 saturated carbocycles. The fourth-order valence-electron chi connectivity index (χ4n) is 3.81. The molecule has 0 atom stereocenters. The van der Waals surface area contributed by atoms with Gasteiger partial charge in [-0.25, -0.2) is 12.8 Å². The number of anilines is 2. The maximum atomic E-state index is 14.0. The molecular weight excluding hydrogens is 423 g/mol. The zero-order chi connectivity index (χ0) is 22.0. The largest absolute Gasteiger partial charge is 0.494 e. The van der Waals surface area contributed by atoms with Crippen LogP contribution < -0.4 is 14.5 Å². The molecule has 168 valence electrons. The van der Waals surface area contributed by atoms with Crippen LogP contribution in [0.5, 0.6) is 5.75 Å². The predicted molar refractivity (Wildman–Crippen MR) is 116 cm³/mol. The highest BCUT2D eigenvalue weighted by Crippen LogP contribution is 2.25. The first-order chi connectivity index (χ1) is 14.9. The normalized spacial score (nSPS) is 18.9. The van der Waals surface area contributed by atoms with Crippen LogP contribution in [0.3, 0.4) is 0 Å². The average Bonchev–Trinajstić information content (AvgIpc) is 2.80. The lowest BCUT2D eigenvalue weighted by Gasteiger charge is -2.35. The van der Waals surface area contributed by atoms with Crippen molar-refractivity contribution in [2.45, 2.75) is 4.90 Å². The van der Waals surface area contributed by atoms with Crippen LogP contribution in [0.2, 0.25) is 0 Å². The van der Waals surface area contributed by atoms with Gasteiger partial charge < -0.3 is 19.4 Å². The summed E-state index contributed by atoms with van der Waals surface area (Å²) in [5.74, 6) is 0.908. The van der Waals surface area contributed by atoms with Gasteiger partial charge in [0.25, 0.3) is 0 Å². The molecule has 2 saturated heterocycles. The van der Waals surface area contributed by atoms with E-state index in [1.165, 1.54) is 23.5 Å². The summed E-state index contributed by atoms with van der Waals surface area (Å²) in [6, 6.07) is 7.60. The van der Waals surface area contributed by atoms with Crippen molar-refractivity contribution in [1.29, 1.82) is 0 Å². The minimum absolute atomic E-state index is 0.0161. The third-order valence-corrected chi connectivity index (χ3v) is 7.68. The van der Waals surface area contributed by atoms with Crippen molar-refractivity contribution < 1.29 is 17.5 Å². The number of ether oxygens (including phenoxy) is 1. The smallest absolute Gasteiger partial charge is 0.243 e. The Labute approximate surface area is 182 Å². The summed E-state index contributed by atoms with van der Waals surface area (Å²) in [4.78, 5) is 6.44. The lowest BCUT2D eigenvalue weighted by Crippen LogP contribution is -2.49. The summed E-state index contributed by atoms with van der Waals surface area (Å²) in [5, 5.41) is 8.74. The van der Waals surface area contributed by atoms with Gasteiger partial charge >= 0.3 is 0 Å². The third kappa shape index (κ3) is 4.58. The fourth-order valence-corrected chi connectivity index (χ4v) is 5.24. The maximum absolute atomic E-state index is 14.0. The molecule has 1 aromatic carbocycles. The summed E-state index contributed by atoms with van der Waals surface area (Å²) in [6.07, 6.45) is 0. The number of nitrogens with zero attached hydrogens (tertiary/aromatic N) is 6. The van der Waals surface area contributed by atoms with Crippen LogP contribution in [0.1, 0.15) is 0 Å². The van der Waals surface area contributed by atoms with E-state index in [9.17, 15) is 12.8 Å². The summed E-state index contributed by atoms with van der Waals surface area (Å²) >= 11 is 0. The number of sulfonamides is 1. The van der Waals surface area contributed by atoms with Gasteiger partial charge in [0, 0.05) is 52.4 Å². The zero-order valence-electron chi connectivity index (χ0n) is 17.7. The number of rotatable bonds is 5. The molecule has 0 N–H and O–H groups in total. The molecule has 0 bridgehead atoms. The second kappa shape index (κ2) is 8.93. The summed E-state index contributed by atoms with van der Waals surface area (Å²) in [5.41, 5.74) is 0. The highest BCUT2D eigenvalue weighted by molar-refractivity contribution is 7.89. The Morgan fingerprint density at radius 2 is 1.42 bits per heavy atom. The molecule has 0 aliphatic carbocycles. The third-order valence-electron chi connectivity index (χ3n) is 5.79. The van der Waals surface area contributed by atoms with Crippen molar-refractivity contribution in [3.05, 3.63) is 36.1 Å². The summed E-state index contributed by atoms with van der Waals surface area (Å²) < 4.78 is 46.0. The van der Waals surface area contributed by atoms with E-state index in [-0.39, 0.29) is 23.7 Å². The van der Waals surface area contributed by atoms with Gasteiger partial charge in [-0.05, 0) is 37.4 Å². The number of methoxy groups -OCH3 is 1. The molecule has 2 aliphatic heterocycles. The van der Waals surface area contributed by atoms with Gasteiger partial charge in [-0.2, -0.15) is 4.31 Å². The van der Waals surface area contributed by atoms with Crippen molar-refractivity contribution in [2.24, 2.45) is 0 Å². The number of halogens is 1. The van der Waals surface area contributed by atoms with Gasteiger partial charge in [0.1, 0.15) is 0 Å². The van der Waals surface area contributed by atoms with Crippen LogP contribution in [-0.4, -0.2) is 94.3 Å². The Kier molecular flexibility index (Phi) is 6.26. The summed E-state index contributed by atoms with van der Waals surface area (Å²) in [7, 11) is -0.329. The van der Waals surface area contributed by atoms with E-state index in [4.69, 9.17) is 4.74 Å². The van der Waals surface area contributed by atoms with Gasteiger partial charge in [-0.3, -0.25) is 0 Å². The minimum atomic E-state index is -3.78. The van der Waals surface area contributed by atoms with Gasteiger partial charge in [0.2, 0.25) is 10.0 Å². The maximum Gasteiger partial charge on any atom is 0.243 e. The molecular formula is C20H27FN6O3S. The molecule has 9 nitrogen and oxygen atoms in total. The first-order valence-electron chi connectivity index (χ1n) is 10.2. The first-order valence-corrected chi connectivity index (χ1v) is 11.7. The molecule has 0 unspecified atom stereocenters. The number of aromatic nitrogens is 2. The molecule has 2 fully saturated rings. The molecule has 2 aliphatic rings. The van der Waals surface area contributed by atoms with Gasteiger partial charge in [-0.1, -0.05) is 0 Å². The highest BCUT2D eigenvalue weighted by atomic mass is 32.2. The average molecular weight is 451 g/mol. The molecule has 0 radical (unpaired) electrons. The highest BCUT2D eigenvalue weighted by Gasteiger charge is 2.30. The van der Waals surface area contributed by atoms with Crippen molar-refractivity contribution in [3.63, 3.8) is 0 Å². The second-order valence-corrected chi connectivity index (χ2v) is 9.67. The van der Waals surface area contributed by atoms with E-state index in [1.807, 2.05) is 17.0 Å². The van der Waals surface area contributed by atoms with Crippen LogP contribution in [-0.2, 0) is 10.0 Å². The van der Waals surface area contributed by atoms with Crippen LogP contribution >= 0.6 is 0 Å². The number of hydrogen-bond acceptors (Lipinski definition) is 8. The molecule has 31 heavy (non-hydrogen) atoms. The second-order valence-electron chi connectivity index (χ2n) is 7.73. The minimum Gasteiger partial charge on any atom is -0.494 e. The molecule has 4 rings (SSSR count). The Hall–Kier alpha value is -2.50. The fraction of sp³-hybridized carbons (Fsp3) is 0.500. The molecule has 11 heteroatoms. The van der Waals surface area contributed by atoms with Crippen LogP contribution in [0.25, 0.3) is 0 Å². The monoisotopic (exact) mass is 450 g/mol. The number of benzene rings is 1. The van der Waals surface area contributed by atoms with Crippen molar-refractivity contribution >= 4 is 21.7 Å². The Balaban J connectivity index is 1.38. The van der Waals surface area contributed by atoms with Gasteiger partial charge in [-0.15, -0.1) is 10.2 Å². The van der Waals surface area contributed by atoms with E-state index in [2.05, 4.69) is 27.0 Å². The topological polar surface area (TPSA) is 82.1 Å². The lowest BCUT2D eigenvalue weighted by atomic mass is 10.3. The van der Waals surface area contributed by atoms with Gasteiger partial charge in [0.05, 0.1) is 12.0 Å². The standard InChI is InChI=1S/C20H27FN6O3S/c1-24-7-9-25(10-8-24)19-5-6-20(23-22-19)26-11-13-27(14-12-26)31(28,29)16-3-4-18(30-2)17(21)15-16/h3-6,15H,7-14H2,1-2H3. The zero-order valence-corrected chi connectivity index (χ0v) is 18.6. The first kappa shape index (κ1) is 21.7. The van der Waals surface area contributed by atoms with Crippen molar-refractivity contribution in [1.82, 2.24) is 19.4 Å². The van der Waals surface area contributed by atoms with Crippen LogP contribution in [0.4, 0.5) is 16.0 Å².